The van der Waals surface area contributed by atoms with Crippen molar-refractivity contribution in [2.75, 3.05) is 0 Å². The van der Waals surface area contributed by atoms with Crippen LogP contribution in [-0.2, 0) is 4.74 Å². The second-order valence-corrected chi connectivity index (χ2v) is 3.98. The van der Waals surface area contributed by atoms with Crippen LogP contribution in [0.3, 0.4) is 0 Å². The minimum atomic E-state index is -0.545. The van der Waals surface area contributed by atoms with E-state index in [-0.39, 0.29) is 5.97 Å². The van der Waals surface area contributed by atoms with Crippen LogP contribution in [0.1, 0.15) is 34.8 Å². The Morgan fingerprint density at radius 1 is 1.40 bits per heavy atom. The highest BCUT2D eigenvalue weighted by Gasteiger charge is 2.16. The van der Waals surface area contributed by atoms with Crippen molar-refractivity contribution in [3.8, 4) is 0 Å². The molecule has 0 spiro atoms. The van der Waals surface area contributed by atoms with Gasteiger partial charge in [0.2, 0.25) is 0 Å². The SMILES string of the molecule is CCC(Cl)OC(=O)c1c(C)cccc1C. The molecule has 1 aromatic rings. The second kappa shape index (κ2) is 5.17. The maximum Gasteiger partial charge on any atom is 0.340 e. The lowest BCUT2D eigenvalue weighted by atomic mass is 10.0. The average Bonchev–Trinajstić information content (AvgIpc) is 2.17. The Hall–Kier alpha value is -1.02. The van der Waals surface area contributed by atoms with Gasteiger partial charge in [0.1, 0.15) is 0 Å². The topological polar surface area (TPSA) is 26.3 Å². The van der Waals surface area contributed by atoms with E-state index in [9.17, 15) is 4.79 Å². The van der Waals surface area contributed by atoms with Gasteiger partial charge in [-0.15, -0.1) is 0 Å². The van der Waals surface area contributed by atoms with Gasteiger partial charge in [-0.3, -0.25) is 0 Å². The van der Waals surface area contributed by atoms with Crippen LogP contribution >= 0.6 is 11.6 Å². The fraction of sp³-hybridized carbons (Fsp3) is 0.417. The molecule has 0 aliphatic heterocycles. The number of aryl methyl sites for hydroxylation is 2. The molecule has 3 heteroatoms. The molecule has 0 saturated carbocycles. The lowest BCUT2D eigenvalue weighted by Gasteiger charge is -2.12. The molecule has 1 aromatic carbocycles. The van der Waals surface area contributed by atoms with Crippen molar-refractivity contribution in [3.63, 3.8) is 0 Å². The Bertz CT molecular complexity index is 340. The Labute approximate surface area is 95.2 Å². The first-order chi connectivity index (χ1) is 7.06. The minimum Gasteiger partial charge on any atom is -0.442 e. The van der Waals surface area contributed by atoms with Crippen LogP contribution in [-0.4, -0.2) is 11.5 Å². The zero-order chi connectivity index (χ0) is 11.4. The number of carbonyl (C=O) groups excluding carboxylic acids is 1. The number of benzene rings is 1. The van der Waals surface area contributed by atoms with Crippen molar-refractivity contribution in [1.29, 1.82) is 0 Å². The lowest BCUT2D eigenvalue weighted by Crippen LogP contribution is -2.14. The summed E-state index contributed by atoms with van der Waals surface area (Å²) in [6.07, 6.45) is 0.609. The summed E-state index contributed by atoms with van der Waals surface area (Å²) in [5.41, 5.74) is 1.91. The van der Waals surface area contributed by atoms with Crippen molar-refractivity contribution >= 4 is 17.6 Å². The van der Waals surface area contributed by atoms with Gasteiger partial charge in [-0.25, -0.2) is 4.79 Å². The molecule has 0 fully saturated rings. The molecule has 0 radical (unpaired) electrons. The number of carbonyl (C=O) groups is 1. The Morgan fingerprint density at radius 3 is 2.40 bits per heavy atom. The van der Waals surface area contributed by atoms with Gasteiger partial charge in [0.05, 0.1) is 5.56 Å². The fourth-order valence-corrected chi connectivity index (χ4v) is 1.48. The van der Waals surface area contributed by atoms with Crippen LogP contribution in [0.4, 0.5) is 0 Å². The van der Waals surface area contributed by atoms with Crippen LogP contribution < -0.4 is 0 Å². The monoisotopic (exact) mass is 226 g/mol. The van der Waals surface area contributed by atoms with E-state index in [0.29, 0.717) is 12.0 Å². The maximum absolute atomic E-state index is 11.7. The number of ether oxygens (including phenoxy) is 1. The summed E-state index contributed by atoms with van der Waals surface area (Å²) in [6, 6.07) is 5.69. The molecule has 0 bridgehead atoms. The van der Waals surface area contributed by atoms with Gasteiger partial charge in [0.15, 0.2) is 5.56 Å². The third-order valence-electron chi connectivity index (χ3n) is 2.24. The van der Waals surface area contributed by atoms with Crippen LogP contribution in [0.15, 0.2) is 18.2 Å². The van der Waals surface area contributed by atoms with Gasteiger partial charge >= 0.3 is 5.97 Å². The highest BCUT2D eigenvalue weighted by molar-refractivity contribution is 6.20. The third kappa shape index (κ3) is 2.96. The first-order valence-corrected chi connectivity index (χ1v) is 5.41. The average molecular weight is 227 g/mol. The van der Waals surface area contributed by atoms with E-state index in [1.165, 1.54) is 0 Å². The highest BCUT2D eigenvalue weighted by atomic mass is 35.5. The molecular formula is C12H15ClO2. The van der Waals surface area contributed by atoms with Crippen LogP contribution in [0.25, 0.3) is 0 Å². The van der Waals surface area contributed by atoms with E-state index in [1.807, 2.05) is 39.0 Å². The second-order valence-electron chi connectivity index (χ2n) is 3.49. The van der Waals surface area contributed by atoms with E-state index in [1.54, 1.807) is 0 Å². The van der Waals surface area contributed by atoms with E-state index in [0.717, 1.165) is 11.1 Å². The third-order valence-corrected chi connectivity index (χ3v) is 2.64. The molecule has 0 aliphatic carbocycles. The van der Waals surface area contributed by atoms with Crippen LogP contribution in [0.2, 0.25) is 0 Å². The Balaban J connectivity index is 2.91. The van der Waals surface area contributed by atoms with Gasteiger partial charge in [-0.2, -0.15) is 0 Å². The summed E-state index contributed by atoms with van der Waals surface area (Å²) in [4.78, 5) is 11.7. The lowest BCUT2D eigenvalue weighted by molar-refractivity contribution is 0.0441. The fourth-order valence-electron chi connectivity index (χ4n) is 1.39. The minimum absolute atomic E-state index is 0.340. The molecule has 0 saturated heterocycles. The molecular weight excluding hydrogens is 212 g/mol. The van der Waals surface area contributed by atoms with Crippen LogP contribution in [0.5, 0.6) is 0 Å². The van der Waals surface area contributed by atoms with Crippen molar-refractivity contribution in [2.45, 2.75) is 32.8 Å². The highest BCUT2D eigenvalue weighted by Crippen LogP contribution is 2.16. The number of halogens is 1. The predicted octanol–water partition coefficient (Wildman–Crippen LogP) is 3.44. The van der Waals surface area contributed by atoms with E-state index in [2.05, 4.69) is 0 Å². The summed E-state index contributed by atoms with van der Waals surface area (Å²) < 4.78 is 5.07. The van der Waals surface area contributed by atoms with Gasteiger partial charge in [0, 0.05) is 0 Å². The summed E-state index contributed by atoms with van der Waals surface area (Å²) in [6.45, 7) is 5.65. The molecule has 0 aliphatic rings. The zero-order valence-electron chi connectivity index (χ0n) is 9.21. The van der Waals surface area contributed by atoms with Gasteiger partial charge < -0.3 is 4.74 Å². The Morgan fingerprint density at radius 2 is 1.93 bits per heavy atom. The molecule has 1 rings (SSSR count). The summed E-state index contributed by atoms with van der Waals surface area (Å²) in [7, 11) is 0. The molecule has 0 amide bonds. The van der Waals surface area contributed by atoms with E-state index < -0.39 is 5.56 Å². The molecule has 1 unspecified atom stereocenters. The van der Waals surface area contributed by atoms with Crippen LogP contribution in [0, 0.1) is 13.8 Å². The van der Waals surface area contributed by atoms with Gasteiger partial charge in [0.25, 0.3) is 0 Å². The molecule has 0 heterocycles. The smallest absolute Gasteiger partial charge is 0.340 e. The predicted molar refractivity (Wildman–Crippen MR) is 61.3 cm³/mol. The summed E-state index contributed by atoms with van der Waals surface area (Å²) in [5.74, 6) is -0.340. The zero-order valence-corrected chi connectivity index (χ0v) is 9.97. The Kier molecular flexibility index (Phi) is 4.15. The van der Waals surface area contributed by atoms with E-state index >= 15 is 0 Å². The van der Waals surface area contributed by atoms with Crippen molar-refractivity contribution in [3.05, 3.63) is 34.9 Å². The number of alkyl halides is 1. The number of esters is 1. The number of rotatable bonds is 3. The molecule has 82 valence electrons. The largest absolute Gasteiger partial charge is 0.442 e. The van der Waals surface area contributed by atoms with Crippen molar-refractivity contribution in [2.24, 2.45) is 0 Å². The molecule has 2 nitrogen and oxygen atoms in total. The molecule has 1 atom stereocenters. The normalized spacial score (nSPS) is 12.3. The maximum atomic E-state index is 11.7. The first kappa shape index (κ1) is 12.1. The summed E-state index contributed by atoms with van der Waals surface area (Å²) in [5, 5.41) is 0. The van der Waals surface area contributed by atoms with E-state index in [4.69, 9.17) is 16.3 Å². The van der Waals surface area contributed by atoms with Gasteiger partial charge in [-0.05, 0) is 31.4 Å². The van der Waals surface area contributed by atoms with Crippen molar-refractivity contribution in [1.82, 2.24) is 0 Å². The standard InChI is InChI=1S/C12H15ClO2/c1-4-10(13)15-12(14)11-8(2)6-5-7-9(11)3/h5-7,10H,4H2,1-3H3. The quantitative estimate of drug-likeness (QED) is 0.583. The molecule has 15 heavy (non-hydrogen) atoms. The number of hydrogen-bond acceptors (Lipinski definition) is 2. The number of hydrogen-bond donors (Lipinski definition) is 0. The molecule has 0 N–H and O–H groups in total. The summed E-state index contributed by atoms with van der Waals surface area (Å²) >= 11 is 5.77. The first-order valence-electron chi connectivity index (χ1n) is 4.97. The van der Waals surface area contributed by atoms with Gasteiger partial charge in [-0.1, -0.05) is 36.7 Å². The molecule has 0 aromatic heterocycles. The van der Waals surface area contributed by atoms with Crippen molar-refractivity contribution < 1.29 is 9.53 Å².